The van der Waals surface area contributed by atoms with Gasteiger partial charge in [-0.25, -0.2) is 9.97 Å². The van der Waals surface area contributed by atoms with Crippen LogP contribution in [0.3, 0.4) is 0 Å². The molecule has 1 amide bonds. The van der Waals surface area contributed by atoms with Crippen LogP contribution in [-0.2, 0) is 9.53 Å². The van der Waals surface area contributed by atoms with E-state index in [4.69, 9.17) is 26.3 Å². The number of fused-ring (bicyclic) bond motifs is 1. The molecule has 7 nitrogen and oxygen atoms in total. The van der Waals surface area contributed by atoms with Crippen molar-refractivity contribution in [2.45, 2.75) is 31.1 Å². The van der Waals surface area contributed by atoms with Crippen LogP contribution in [0.4, 0.5) is 11.5 Å². The number of nitrogens with zero attached hydrogens (tertiary/aromatic N) is 5. The van der Waals surface area contributed by atoms with E-state index in [1.54, 1.807) is 0 Å². The average Bonchev–Trinajstić information content (AvgIpc) is 2.86. The third-order valence-electron chi connectivity index (χ3n) is 6.38. The van der Waals surface area contributed by atoms with Crippen molar-refractivity contribution >= 4 is 51.8 Å². The van der Waals surface area contributed by atoms with Gasteiger partial charge in [-0.2, -0.15) is 0 Å². The zero-order valence-electron chi connectivity index (χ0n) is 20.1. The van der Waals surface area contributed by atoms with E-state index >= 15 is 0 Å². The van der Waals surface area contributed by atoms with Gasteiger partial charge in [0.1, 0.15) is 5.03 Å². The van der Waals surface area contributed by atoms with E-state index in [0.29, 0.717) is 18.8 Å². The molecule has 1 aromatic heterocycles. The Morgan fingerprint density at radius 1 is 0.971 bits per heavy atom. The molecular formula is C26H30ClN5O2S. The maximum absolute atomic E-state index is 13.1. The molecule has 2 fully saturated rings. The van der Waals surface area contributed by atoms with Crippen molar-refractivity contribution in [3.63, 3.8) is 0 Å². The minimum absolute atomic E-state index is 0.113. The predicted molar refractivity (Wildman–Crippen MR) is 143 cm³/mol. The minimum atomic E-state index is 0.113. The molecule has 184 valence electrons. The molecule has 2 aliphatic rings. The van der Waals surface area contributed by atoms with Crippen LogP contribution in [0.5, 0.6) is 0 Å². The fraction of sp³-hybridized carbons (Fsp3) is 0.423. The summed E-state index contributed by atoms with van der Waals surface area (Å²) < 4.78 is 5.92. The minimum Gasteiger partial charge on any atom is -0.372 e. The number of piperazine rings is 1. The molecule has 3 aromatic rings. The Morgan fingerprint density at radius 2 is 1.66 bits per heavy atom. The second-order valence-electron chi connectivity index (χ2n) is 9.14. The van der Waals surface area contributed by atoms with Gasteiger partial charge in [0.2, 0.25) is 5.91 Å². The summed E-state index contributed by atoms with van der Waals surface area (Å²) in [7, 11) is 0. The van der Waals surface area contributed by atoms with Gasteiger partial charge >= 0.3 is 0 Å². The number of morpholine rings is 1. The number of benzene rings is 2. The summed E-state index contributed by atoms with van der Waals surface area (Å²) in [5, 5.41) is 1.53. The van der Waals surface area contributed by atoms with Crippen LogP contribution in [0, 0.1) is 0 Å². The number of hydrogen-bond donors (Lipinski definition) is 0. The van der Waals surface area contributed by atoms with Gasteiger partial charge in [0.25, 0.3) is 0 Å². The Labute approximate surface area is 215 Å². The zero-order chi connectivity index (χ0) is 24.4. The number of hydrogen-bond acceptors (Lipinski definition) is 7. The summed E-state index contributed by atoms with van der Waals surface area (Å²) in [6.45, 7) is 8.64. The topological polar surface area (TPSA) is 61.8 Å². The highest BCUT2D eigenvalue weighted by Crippen LogP contribution is 2.31. The highest BCUT2D eigenvalue weighted by molar-refractivity contribution is 8.00. The highest BCUT2D eigenvalue weighted by Gasteiger charge is 2.27. The number of ether oxygens (including phenoxy) is 1. The van der Waals surface area contributed by atoms with Gasteiger partial charge in [-0.05, 0) is 44.2 Å². The lowest BCUT2D eigenvalue weighted by molar-refractivity contribution is -0.128. The first-order chi connectivity index (χ1) is 17.0. The van der Waals surface area contributed by atoms with E-state index in [1.807, 2.05) is 47.4 Å². The molecule has 0 aliphatic carbocycles. The molecule has 9 heteroatoms. The van der Waals surface area contributed by atoms with E-state index in [9.17, 15) is 4.79 Å². The smallest absolute Gasteiger partial charge is 0.233 e. The summed E-state index contributed by atoms with van der Waals surface area (Å²) in [6, 6.07) is 15.8. The summed E-state index contributed by atoms with van der Waals surface area (Å²) in [6.07, 6.45) is 0.226. The lowest BCUT2D eigenvalue weighted by Gasteiger charge is -2.37. The Morgan fingerprint density at radius 3 is 2.34 bits per heavy atom. The van der Waals surface area contributed by atoms with Crippen LogP contribution >= 0.6 is 23.4 Å². The molecule has 2 aromatic carbocycles. The Bertz CT molecular complexity index is 1190. The Kier molecular flexibility index (Phi) is 7.32. The Hall–Kier alpha value is -2.55. The number of thioether (sulfide) groups is 1. The van der Waals surface area contributed by atoms with Crippen LogP contribution in [-0.4, -0.2) is 78.0 Å². The van der Waals surface area contributed by atoms with Crippen molar-refractivity contribution in [2.24, 2.45) is 0 Å². The van der Waals surface area contributed by atoms with E-state index < -0.39 is 0 Å². The number of rotatable bonds is 5. The maximum Gasteiger partial charge on any atom is 0.233 e. The van der Waals surface area contributed by atoms with E-state index in [1.165, 1.54) is 11.8 Å². The Balaban J connectivity index is 1.27. The van der Waals surface area contributed by atoms with Crippen LogP contribution in [0.25, 0.3) is 11.0 Å². The first kappa shape index (κ1) is 24.2. The number of halogens is 1. The first-order valence-electron chi connectivity index (χ1n) is 12.0. The van der Waals surface area contributed by atoms with Crippen LogP contribution in [0.15, 0.2) is 53.6 Å². The number of carbonyl (C=O) groups excluding carboxylic acids is 1. The van der Waals surface area contributed by atoms with Crippen LogP contribution in [0.1, 0.15) is 13.8 Å². The van der Waals surface area contributed by atoms with E-state index in [2.05, 4.69) is 29.7 Å². The molecule has 0 spiro atoms. The largest absolute Gasteiger partial charge is 0.372 e. The van der Waals surface area contributed by atoms with Gasteiger partial charge in [0.05, 0.1) is 29.0 Å². The second kappa shape index (κ2) is 10.6. The van der Waals surface area contributed by atoms with Crippen LogP contribution < -0.4 is 9.80 Å². The monoisotopic (exact) mass is 511 g/mol. The summed E-state index contributed by atoms with van der Waals surface area (Å²) >= 11 is 7.63. The molecule has 2 saturated heterocycles. The SMILES string of the molecule is C[C@H]1CN(c2nc3ccccc3nc2SCC(=O)N2CCN(c3cccc(Cl)c3)CC2)C[C@H](C)O1. The molecule has 0 bridgehead atoms. The molecule has 0 unspecified atom stereocenters. The van der Waals surface area contributed by atoms with E-state index in [0.717, 1.165) is 58.8 Å². The van der Waals surface area contributed by atoms with Gasteiger partial charge in [-0.3, -0.25) is 4.79 Å². The zero-order valence-corrected chi connectivity index (χ0v) is 21.6. The van der Waals surface area contributed by atoms with Crippen molar-refractivity contribution < 1.29 is 9.53 Å². The fourth-order valence-electron chi connectivity index (χ4n) is 4.74. The third kappa shape index (κ3) is 5.66. The molecule has 3 heterocycles. The second-order valence-corrected chi connectivity index (χ2v) is 10.5. The molecule has 2 aliphatic heterocycles. The van der Waals surface area contributed by atoms with Gasteiger partial charge in [0, 0.05) is 50.0 Å². The quantitative estimate of drug-likeness (QED) is 0.472. The van der Waals surface area contributed by atoms with Gasteiger partial charge in [-0.1, -0.05) is 41.6 Å². The van der Waals surface area contributed by atoms with Crippen molar-refractivity contribution in [3.8, 4) is 0 Å². The van der Waals surface area contributed by atoms with E-state index in [-0.39, 0.29) is 18.1 Å². The number of para-hydroxylation sites is 2. The number of carbonyl (C=O) groups is 1. The lowest BCUT2D eigenvalue weighted by Crippen LogP contribution is -2.49. The first-order valence-corrected chi connectivity index (χ1v) is 13.4. The summed E-state index contributed by atoms with van der Waals surface area (Å²) in [4.78, 5) is 29.4. The number of amides is 1. The molecule has 0 N–H and O–H groups in total. The van der Waals surface area contributed by atoms with Gasteiger partial charge < -0.3 is 19.4 Å². The van der Waals surface area contributed by atoms with Crippen molar-refractivity contribution in [2.75, 3.05) is 54.8 Å². The average molecular weight is 512 g/mol. The van der Waals surface area contributed by atoms with Crippen LogP contribution in [0.2, 0.25) is 5.02 Å². The number of aromatic nitrogens is 2. The normalized spacial score (nSPS) is 20.9. The van der Waals surface area contributed by atoms with Crippen molar-refractivity contribution in [1.82, 2.24) is 14.9 Å². The van der Waals surface area contributed by atoms with Crippen molar-refractivity contribution in [3.05, 3.63) is 53.6 Å². The predicted octanol–water partition coefficient (Wildman–Crippen LogP) is 4.34. The van der Waals surface area contributed by atoms with Gasteiger partial charge in [-0.15, -0.1) is 0 Å². The lowest BCUT2D eigenvalue weighted by atomic mass is 10.2. The van der Waals surface area contributed by atoms with Crippen molar-refractivity contribution in [1.29, 1.82) is 0 Å². The summed E-state index contributed by atoms with van der Waals surface area (Å²) in [5.41, 5.74) is 2.81. The maximum atomic E-state index is 13.1. The standard InChI is InChI=1S/C26H30ClN5O2S/c1-18-15-32(16-19(2)34-18)25-26(29-23-9-4-3-8-22(23)28-25)35-17-24(33)31-12-10-30(11-13-31)21-7-5-6-20(27)14-21/h3-9,14,18-19H,10-13,15-17H2,1-2H3/t18-,19-/m0/s1. The highest BCUT2D eigenvalue weighted by atomic mass is 35.5. The molecule has 0 saturated carbocycles. The molecule has 2 atom stereocenters. The molecular weight excluding hydrogens is 482 g/mol. The van der Waals surface area contributed by atoms with Gasteiger partial charge in [0.15, 0.2) is 5.82 Å². The molecule has 35 heavy (non-hydrogen) atoms. The number of anilines is 2. The summed E-state index contributed by atoms with van der Waals surface area (Å²) in [5.74, 6) is 1.31. The fourth-order valence-corrected chi connectivity index (χ4v) is 5.83. The molecule has 0 radical (unpaired) electrons. The molecule has 5 rings (SSSR count). The third-order valence-corrected chi connectivity index (χ3v) is 7.55.